The number of aromatic nitrogens is 5. The molecule has 1 atom stereocenters. The van der Waals surface area contributed by atoms with E-state index in [2.05, 4.69) is 25.2 Å². The minimum absolute atomic E-state index is 0. The first kappa shape index (κ1) is 27.1. The minimum atomic E-state index is -4.62. The fourth-order valence-electron chi connectivity index (χ4n) is 4.55. The van der Waals surface area contributed by atoms with Crippen LogP contribution in [0, 0.1) is 24.2 Å². The summed E-state index contributed by atoms with van der Waals surface area (Å²) < 4.78 is 49.0. The van der Waals surface area contributed by atoms with Crippen LogP contribution in [0.25, 0.3) is 22.3 Å². The Hall–Kier alpha value is -3.91. The zero-order chi connectivity index (χ0) is 26.2. The van der Waals surface area contributed by atoms with Gasteiger partial charge in [0, 0.05) is 31.9 Å². The number of benzene rings is 1. The maximum atomic E-state index is 14.0. The molecule has 0 saturated carbocycles. The van der Waals surface area contributed by atoms with E-state index in [1.54, 1.807) is 13.1 Å². The van der Waals surface area contributed by atoms with Crippen molar-refractivity contribution in [2.45, 2.75) is 25.9 Å². The summed E-state index contributed by atoms with van der Waals surface area (Å²) in [5.74, 6) is 0.997. The van der Waals surface area contributed by atoms with Gasteiger partial charge >= 0.3 is 6.18 Å². The summed E-state index contributed by atoms with van der Waals surface area (Å²) in [7, 11) is 1.64. The van der Waals surface area contributed by atoms with E-state index in [0.717, 1.165) is 37.0 Å². The molecule has 1 fully saturated rings. The topological polar surface area (TPSA) is 92.8 Å². The van der Waals surface area contributed by atoms with Crippen molar-refractivity contribution in [1.82, 2.24) is 25.0 Å². The standard InChI is InChI=1S/C26H24F3N7O.ClH/c1-16-3-6-24(31-14-16)36-9-7-17(15-36)8-10-37-23-5-4-18(11-19(23)26(27,28)29)20-12-22-25(21(13-30)32-20)33-34-35(22)2;/h3-6,11-12,14,17H,7-10,15H2,1-2H3;1H/t17-;/m0./s1. The predicted octanol–water partition coefficient (Wildman–Crippen LogP) is 5.34. The van der Waals surface area contributed by atoms with Crippen LogP contribution in [-0.2, 0) is 13.2 Å². The van der Waals surface area contributed by atoms with Gasteiger partial charge in [0.25, 0.3) is 0 Å². The summed E-state index contributed by atoms with van der Waals surface area (Å²) in [5.41, 5.74) is 1.45. The Morgan fingerprint density at radius 3 is 2.71 bits per heavy atom. The van der Waals surface area contributed by atoms with Crippen molar-refractivity contribution in [3.63, 3.8) is 0 Å². The second-order valence-corrected chi connectivity index (χ2v) is 9.19. The Labute approximate surface area is 223 Å². The highest BCUT2D eigenvalue weighted by molar-refractivity contribution is 5.85. The van der Waals surface area contributed by atoms with E-state index in [4.69, 9.17) is 4.74 Å². The third kappa shape index (κ3) is 5.50. The zero-order valence-corrected chi connectivity index (χ0v) is 21.6. The lowest BCUT2D eigenvalue weighted by molar-refractivity contribution is -0.138. The Bertz CT molecular complexity index is 1480. The van der Waals surface area contributed by atoms with Crippen molar-refractivity contribution in [2.75, 3.05) is 24.6 Å². The lowest BCUT2D eigenvalue weighted by Crippen LogP contribution is -2.21. The molecule has 12 heteroatoms. The average Bonchev–Trinajstić information content (AvgIpc) is 3.50. The van der Waals surface area contributed by atoms with Crippen molar-refractivity contribution in [3.05, 3.63) is 59.4 Å². The van der Waals surface area contributed by atoms with Crippen LogP contribution in [0.5, 0.6) is 5.75 Å². The molecule has 0 unspecified atom stereocenters. The summed E-state index contributed by atoms with van der Waals surface area (Å²) in [4.78, 5) is 10.9. The Morgan fingerprint density at radius 2 is 2.00 bits per heavy atom. The fourth-order valence-corrected chi connectivity index (χ4v) is 4.55. The molecule has 4 aromatic rings. The molecule has 1 aromatic carbocycles. The summed E-state index contributed by atoms with van der Waals surface area (Å²) >= 11 is 0. The molecule has 38 heavy (non-hydrogen) atoms. The maximum absolute atomic E-state index is 14.0. The summed E-state index contributed by atoms with van der Waals surface area (Å²) in [6, 6.07) is 11.4. The number of aryl methyl sites for hydroxylation is 2. The molecule has 5 rings (SSSR count). The lowest BCUT2D eigenvalue weighted by atomic mass is 10.0. The van der Waals surface area contributed by atoms with Crippen molar-refractivity contribution in [1.29, 1.82) is 5.26 Å². The highest BCUT2D eigenvalue weighted by atomic mass is 35.5. The molecule has 0 aliphatic carbocycles. The molecular weight excluding hydrogens is 519 g/mol. The van der Waals surface area contributed by atoms with E-state index >= 15 is 0 Å². The fraction of sp³-hybridized carbons (Fsp3) is 0.346. The van der Waals surface area contributed by atoms with Crippen molar-refractivity contribution in [2.24, 2.45) is 13.0 Å². The van der Waals surface area contributed by atoms with E-state index in [-0.39, 0.29) is 41.7 Å². The number of halogens is 4. The first-order valence-electron chi connectivity index (χ1n) is 11.9. The second-order valence-electron chi connectivity index (χ2n) is 9.19. The van der Waals surface area contributed by atoms with Gasteiger partial charge in [-0.15, -0.1) is 17.5 Å². The van der Waals surface area contributed by atoms with Gasteiger partial charge in [-0.05, 0) is 61.6 Å². The summed E-state index contributed by atoms with van der Waals surface area (Å²) in [5, 5.41) is 17.2. The van der Waals surface area contributed by atoms with Crippen LogP contribution in [-0.4, -0.2) is 44.7 Å². The maximum Gasteiger partial charge on any atom is 0.419 e. The number of fused-ring (bicyclic) bond motifs is 1. The van der Waals surface area contributed by atoms with Crippen LogP contribution in [0.2, 0.25) is 0 Å². The van der Waals surface area contributed by atoms with Crippen LogP contribution in [0.4, 0.5) is 19.0 Å². The van der Waals surface area contributed by atoms with E-state index in [0.29, 0.717) is 23.4 Å². The van der Waals surface area contributed by atoms with Crippen molar-refractivity contribution >= 4 is 29.3 Å². The number of hydrogen-bond acceptors (Lipinski definition) is 7. The van der Waals surface area contributed by atoms with Crippen LogP contribution >= 0.6 is 12.4 Å². The van der Waals surface area contributed by atoms with Crippen molar-refractivity contribution in [3.8, 4) is 23.1 Å². The molecule has 4 heterocycles. The largest absolute Gasteiger partial charge is 0.493 e. The molecule has 0 bridgehead atoms. The van der Waals surface area contributed by atoms with E-state index < -0.39 is 11.7 Å². The quantitative estimate of drug-likeness (QED) is 0.324. The molecule has 8 nitrogen and oxygen atoms in total. The molecule has 3 aromatic heterocycles. The van der Waals surface area contributed by atoms with Crippen LogP contribution < -0.4 is 9.64 Å². The Balaban J connectivity index is 0.00000336. The van der Waals surface area contributed by atoms with Crippen LogP contribution in [0.15, 0.2) is 42.6 Å². The smallest absolute Gasteiger partial charge is 0.419 e. The number of nitrogens with zero attached hydrogens (tertiary/aromatic N) is 7. The number of ether oxygens (including phenoxy) is 1. The Morgan fingerprint density at radius 1 is 1.18 bits per heavy atom. The van der Waals surface area contributed by atoms with Gasteiger partial charge in [-0.1, -0.05) is 11.3 Å². The highest BCUT2D eigenvalue weighted by Crippen LogP contribution is 2.39. The number of pyridine rings is 2. The number of anilines is 1. The molecule has 1 saturated heterocycles. The normalized spacial score (nSPS) is 15.4. The van der Waals surface area contributed by atoms with Gasteiger partial charge in [-0.3, -0.25) is 0 Å². The molecule has 0 radical (unpaired) electrons. The van der Waals surface area contributed by atoms with Crippen LogP contribution in [0.1, 0.15) is 29.7 Å². The predicted molar refractivity (Wildman–Crippen MR) is 138 cm³/mol. The molecule has 0 spiro atoms. The summed E-state index contributed by atoms with van der Waals surface area (Å²) in [6.07, 6.45) is -1.22. The van der Waals surface area contributed by atoms with Gasteiger partial charge in [-0.2, -0.15) is 18.4 Å². The van der Waals surface area contributed by atoms with Gasteiger partial charge in [0.15, 0.2) is 5.69 Å². The van der Waals surface area contributed by atoms with Gasteiger partial charge in [-0.25, -0.2) is 14.6 Å². The lowest BCUT2D eigenvalue weighted by Gasteiger charge is -2.18. The number of nitriles is 1. The molecule has 0 N–H and O–H groups in total. The number of hydrogen-bond donors (Lipinski definition) is 0. The van der Waals surface area contributed by atoms with Gasteiger partial charge in [0.1, 0.15) is 23.2 Å². The molecule has 0 amide bonds. The average molecular weight is 544 g/mol. The minimum Gasteiger partial charge on any atom is -0.493 e. The van der Waals surface area contributed by atoms with E-state index in [1.165, 1.54) is 16.8 Å². The number of rotatable bonds is 6. The van der Waals surface area contributed by atoms with Gasteiger partial charge in [0.05, 0.1) is 23.4 Å². The second kappa shape index (κ2) is 10.8. The highest BCUT2D eigenvalue weighted by Gasteiger charge is 2.35. The zero-order valence-electron chi connectivity index (χ0n) is 20.7. The molecule has 198 valence electrons. The van der Waals surface area contributed by atoms with Gasteiger partial charge < -0.3 is 9.64 Å². The third-order valence-corrected chi connectivity index (χ3v) is 6.58. The Kier molecular flexibility index (Phi) is 7.73. The van der Waals surface area contributed by atoms with Gasteiger partial charge in [0.2, 0.25) is 0 Å². The first-order valence-corrected chi connectivity index (χ1v) is 11.9. The third-order valence-electron chi connectivity index (χ3n) is 6.58. The first-order chi connectivity index (χ1) is 17.7. The molecular formula is C26H25ClF3N7O. The van der Waals surface area contributed by atoms with Crippen LogP contribution in [0.3, 0.4) is 0 Å². The summed E-state index contributed by atoms with van der Waals surface area (Å²) in [6.45, 7) is 3.81. The monoisotopic (exact) mass is 543 g/mol. The SMILES string of the molecule is Cc1ccc(N2CC[C@@H](CCOc3ccc(-c4cc5c(nnn5C)c(C#N)n4)cc3C(F)(F)F)C2)nc1.Cl. The molecule has 1 aliphatic rings. The molecule has 1 aliphatic heterocycles. The van der Waals surface area contributed by atoms with Crippen molar-refractivity contribution < 1.29 is 17.9 Å². The number of alkyl halides is 3. The van der Waals surface area contributed by atoms with E-state index in [1.807, 2.05) is 31.3 Å². The van der Waals surface area contributed by atoms with E-state index in [9.17, 15) is 18.4 Å².